The highest BCUT2D eigenvalue weighted by Gasteiger charge is 2.14. The number of nitrogens with zero attached hydrogens (tertiary/aromatic N) is 1. The third-order valence-electron chi connectivity index (χ3n) is 3.78. The van der Waals surface area contributed by atoms with E-state index in [0.29, 0.717) is 13.2 Å². The molecule has 5 heteroatoms. The lowest BCUT2D eigenvalue weighted by molar-refractivity contribution is -0.130. The number of amides is 1. The van der Waals surface area contributed by atoms with Gasteiger partial charge in [-0.05, 0) is 37.6 Å². The second-order valence-electron chi connectivity index (χ2n) is 5.76. The summed E-state index contributed by atoms with van der Waals surface area (Å²) in [5.74, 6) is 0.831. The van der Waals surface area contributed by atoms with Crippen LogP contribution in [-0.4, -0.2) is 36.8 Å². The third kappa shape index (κ3) is 5.20. The van der Waals surface area contributed by atoms with Gasteiger partial charge in [-0.1, -0.05) is 18.2 Å². The molecule has 0 radical (unpaired) electrons. The number of ether oxygens (including phenoxy) is 1. The molecule has 0 saturated carbocycles. The molecule has 0 aliphatic rings. The van der Waals surface area contributed by atoms with Crippen molar-refractivity contribution in [2.45, 2.75) is 26.7 Å². The van der Waals surface area contributed by atoms with Crippen molar-refractivity contribution < 1.29 is 14.3 Å². The van der Waals surface area contributed by atoms with E-state index in [-0.39, 0.29) is 24.5 Å². The van der Waals surface area contributed by atoms with Crippen molar-refractivity contribution in [3.63, 3.8) is 0 Å². The number of likely N-dealkylation sites (N-methyl/N-ethyl adjacent to an activating group) is 1. The Kier molecular flexibility index (Phi) is 6.55. The zero-order chi connectivity index (χ0) is 17.5. The number of carbonyl (C=O) groups excluding carboxylic acids is 2. The van der Waals surface area contributed by atoms with Crippen molar-refractivity contribution >= 4 is 23.0 Å². The molecule has 1 heterocycles. The summed E-state index contributed by atoms with van der Waals surface area (Å²) in [5, 5.41) is 0. The van der Waals surface area contributed by atoms with E-state index in [9.17, 15) is 9.59 Å². The molecule has 0 atom stereocenters. The highest BCUT2D eigenvalue weighted by molar-refractivity contribution is 7.14. The number of benzene rings is 1. The van der Waals surface area contributed by atoms with Crippen molar-refractivity contribution in [1.29, 1.82) is 0 Å². The molecule has 2 rings (SSSR count). The Morgan fingerprint density at radius 3 is 2.50 bits per heavy atom. The first-order valence-corrected chi connectivity index (χ1v) is 8.81. The number of carbonyl (C=O) groups is 2. The van der Waals surface area contributed by atoms with Crippen LogP contribution in [0, 0.1) is 13.8 Å². The highest BCUT2D eigenvalue weighted by Crippen LogP contribution is 2.18. The molecule has 0 fully saturated rings. The summed E-state index contributed by atoms with van der Waals surface area (Å²) in [6.07, 6.45) is 0.485. The van der Waals surface area contributed by atoms with Crippen molar-refractivity contribution in [3.05, 3.63) is 51.7 Å². The summed E-state index contributed by atoms with van der Waals surface area (Å²) in [4.78, 5) is 27.6. The number of aryl methyl sites for hydroxylation is 2. The molecule has 0 N–H and O–H groups in total. The standard InChI is InChI=1S/C19H23NO3S/c1-14-6-4-5-7-17(14)23-13-12-20(3)19(22)11-9-16(21)18-10-8-15(2)24-18/h4-8,10H,9,11-13H2,1-3H3. The van der Waals surface area contributed by atoms with Crippen LogP contribution in [0.4, 0.5) is 0 Å². The van der Waals surface area contributed by atoms with E-state index >= 15 is 0 Å². The van der Waals surface area contributed by atoms with Crippen LogP contribution < -0.4 is 4.74 Å². The molecule has 0 unspecified atom stereocenters. The fourth-order valence-electron chi connectivity index (χ4n) is 2.25. The number of Topliss-reactive ketones (excluding diaryl/α,β-unsaturated/α-hetero) is 1. The summed E-state index contributed by atoms with van der Waals surface area (Å²) < 4.78 is 5.70. The van der Waals surface area contributed by atoms with E-state index in [1.165, 1.54) is 11.3 Å². The van der Waals surface area contributed by atoms with Crippen LogP contribution in [0.1, 0.15) is 33.0 Å². The number of hydrogen-bond donors (Lipinski definition) is 0. The smallest absolute Gasteiger partial charge is 0.222 e. The molecule has 0 spiro atoms. The summed E-state index contributed by atoms with van der Waals surface area (Å²) in [6, 6.07) is 11.5. The SMILES string of the molecule is Cc1ccc(C(=O)CCC(=O)N(C)CCOc2ccccc2C)s1. The second-order valence-corrected chi connectivity index (χ2v) is 7.05. The molecule has 1 amide bonds. The monoisotopic (exact) mass is 345 g/mol. The molecule has 24 heavy (non-hydrogen) atoms. The van der Waals surface area contributed by atoms with Gasteiger partial charge in [0.05, 0.1) is 11.4 Å². The maximum atomic E-state index is 12.1. The third-order valence-corrected chi connectivity index (χ3v) is 4.83. The van der Waals surface area contributed by atoms with Crippen molar-refractivity contribution in [3.8, 4) is 5.75 Å². The Labute approximate surface area is 147 Å². The van der Waals surface area contributed by atoms with Crippen molar-refractivity contribution in [2.24, 2.45) is 0 Å². The van der Waals surface area contributed by atoms with E-state index in [1.54, 1.807) is 11.9 Å². The first-order valence-electron chi connectivity index (χ1n) is 7.99. The lowest BCUT2D eigenvalue weighted by atomic mass is 10.2. The van der Waals surface area contributed by atoms with Crippen LogP contribution in [0.15, 0.2) is 36.4 Å². The fraction of sp³-hybridized carbons (Fsp3) is 0.368. The molecular formula is C19H23NO3S. The fourth-order valence-corrected chi connectivity index (χ4v) is 3.09. The quantitative estimate of drug-likeness (QED) is 0.683. The van der Waals surface area contributed by atoms with Gasteiger partial charge in [0.15, 0.2) is 5.78 Å². The molecule has 0 aliphatic carbocycles. The number of hydrogen-bond acceptors (Lipinski definition) is 4. The predicted octanol–water partition coefficient (Wildman–Crippen LogP) is 3.87. The van der Waals surface area contributed by atoms with Gasteiger partial charge in [-0.25, -0.2) is 0 Å². The molecule has 0 bridgehead atoms. The van der Waals surface area contributed by atoms with Crippen LogP contribution in [-0.2, 0) is 4.79 Å². The minimum atomic E-state index is -0.0370. The normalized spacial score (nSPS) is 10.5. The highest BCUT2D eigenvalue weighted by atomic mass is 32.1. The summed E-state index contributed by atoms with van der Waals surface area (Å²) >= 11 is 1.47. The van der Waals surface area contributed by atoms with E-state index in [1.807, 2.05) is 50.2 Å². The Morgan fingerprint density at radius 2 is 1.83 bits per heavy atom. The Morgan fingerprint density at radius 1 is 1.08 bits per heavy atom. The summed E-state index contributed by atoms with van der Waals surface area (Å²) in [6.45, 7) is 4.89. The van der Waals surface area contributed by atoms with E-state index in [2.05, 4.69) is 0 Å². The van der Waals surface area contributed by atoms with Crippen LogP contribution in [0.3, 0.4) is 0 Å². The first-order chi connectivity index (χ1) is 11.5. The number of thiophene rings is 1. The summed E-state index contributed by atoms with van der Waals surface area (Å²) in [7, 11) is 1.74. The molecule has 0 aliphatic heterocycles. The van der Waals surface area contributed by atoms with Crippen LogP contribution in [0.25, 0.3) is 0 Å². The van der Waals surface area contributed by atoms with Crippen molar-refractivity contribution in [1.82, 2.24) is 4.90 Å². The lowest BCUT2D eigenvalue weighted by Gasteiger charge is -2.17. The Hall–Kier alpha value is -2.14. The van der Waals surface area contributed by atoms with Crippen LogP contribution >= 0.6 is 11.3 Å². The molecule has 0 saturated heterocycles. The molecule has 128 valence electrons. The van der Waals surface area contributed by atoms with Crippen LogP contribution in [0.2, 0.25) is 0 Å². The van der Waals surface area contributed by atoms with Crippen LogP contribution in [0.5, 0.6) is 5.75 Å². The molecule has 2 aromatic rings. The molecule has 1 aromatic carbocycles. The predicted molar refractivity (Wildman–Crippen MR) is 96.9 cm³/mol. The zero-order valence-corrected chi connectivity index (χ0v) is 15.2. The van der Waals surface area contributed by atoms with E-state index < -0.39 is 0 Å². The van der Waals surface area contributed by atoms with E-state index in [4.69, 9.17) is 4.74 Å². The molecule has 4 nitrogen and oxygen atoms in total. The number of ketones is 1. The molecular weight excluding hydrogens is 322 g/mol. The Balaban J connectivity index is 1.72. The maximum absolute atomic E-state index is 12.1. The molecule has 1 aromatic heterocycles. The Bertz CT molecular complexity index is 708. The van der Waals surface area contributed by atoms with E-state index in [0.717, 1.165) is 21.1 Å². The average molecular weight is 345 g/mol. The number of para-hydroxylation sites is 1. The van der Waals surface area contributed by atoms with Crippen molar-refractivity contribution in [2.75, 3.05) is 20.2 Å². The van der Waals surface area contributed by atoms with Gasteiger partial charge in [-0.3, -0.25) is 9.59 Å². The lowest BCUT2D eigenvalue weighted by Crippen LogP contribution is -2.31. The largest absolute Gasteiger partial charge is 0.491 e. The van der Waals surface area contributed by atoms with Gasteiger partial charge in [0, 0.05) is 24.8 Å². The average Bonchev–Trinajstić information content (AvgIpc) is 3.00. The van der Waals surface area contributed by atoms with Gasteiger partial charge in [-0.2, -0.15) is 0 Å². The zero-order valence-electron chi connectivity index (χ0n) is 14.4. The minimum Gasteiger partial charge on any atom is -0.491 e. The number of rotatable bonds is 8. The minimum absolute atomic E-state index is 0.0333. The summed E-state index contributed by atoms with van der Waals surface area (Å²) in [5.41, 5.74) is 1.07. The van der Waals surface area contributed by atoms with Gasteiger partial charge in [0.25, 0.3) is 0 Å². The van der Waals surface area contributed by atoms with Gasteiger partial charge in [-0.15, -0.1) is 11.3 Å². The van der Waals surface area contributed by atoms with Gasteiger partial charge >= 0.3 is 0 Å². The topological polar surface area (TPSA) is 46.6 Å². The first kappa shape index (κ1) is 18.2. The van der Waals surface area contributed by atoms with Gasteiger partial charge in [0.1, 0.15) is 12.4 Å². The maximum Gasteiger partial charge on any atom is 0.222 e. The van der Waals surface area contributed by atoms with Gasteiger partial charge in [0.2, 0.25) is 5.91 Å². The second kappa shape index (κ2) is 8.64. The van der Waals surface area contributed by atoms with Gasteiger partial charge < -0.3 is 9.64 Å².